The lowest BCUT2D eigenvalue weighted by Crippen LogP contribution is -2.20. The van der Waals surface area contributed by atoms with Crippen molar-refractivity contribution < 1.29 is 9.18 Å². The average molecular weight is 374 g/mol. The van der Waals surface area contributed by atoms with E-state index in [9.17, 15) is 9.18 Å². The molecule has 1 amide bonds. The van der Waals surface area contributed by atoms with Crippen LogP contribution in [0.25, 0.3) is 22.2 Å². The molecule has 0 bridgehead atoms. The molecule has 0 saturated carbocycles. The number of pyridine rings is 1. The van der Waals surface area contributed by atoms with Crippen LogP contribution in [-0.2, 0) is 11.3 Å². The number of aryl methyl sites for hydroxylation is 2. The maximum Gasteiger partial charge on any atom is 0.246 e. The van der Waals surface area contributed by atoms with E-state index in [2.05, 4.69) is 15.4 Å². The normalized spacial score (nSPS) is 11.0. The summed E-state index contributed by atoms with van der Waals surface area (Å²) in [6, 6.07) is 16.6. The maximum absolute atomic E-state index is 13.7. The highest BCUT2D eigenvalue weighted by Gasteiger charge is 2.16. The predicted octanol–water partition coefficient (Wildman–Crippen LogP) is 4.49. The van der Waals surface area contributed by atoms with Crippen molar-refractivity contribution in [1.82, 2.24) is 14.8 Å². The zero-order valence-electron chi connectivity index (χ0n) is 15.6. The third-order valence-electron chi connectivity index (χ3n) is 4.64. The van der Waals surface area contributed by atoms with Crippen molar-refractivity contribution in [3.8, 4) is 11.1 Å². The third kappa shape index (κ3) is 3.36. The van der Waals surface area contributed by atoms with Crippen molar-refractivity contribution in [1.29, 1.82) is 0 Å². The van der Waals surface area contributed by atoms with Crippen LogP contribution < -0.4 is 5.32 Å². The molecule has 2 heterocycles. The largest absolute Gasteiger partial charge is 0.324 e. The van der Waals surface area contributed by atoms with Crippen LogP contribution in [0.3, 0.4) is 0 Å². The van der Waals surface area contributed by atoms with Crippen LogP contribution in [0.5, 0.6) is 0 Å². The van der Waals surface area contributed by atoms with E-state index in [1.54, 1.807) is 29.9 Å². The van der Waals surface area contributed by atoms with Crippen molar-refractivity contribution in [2.24, 2.45) is 0 Å². The highest BCUT2D eigenvalue weighted by Crippen LogP contribution is 2.29. The van der Waals surface area contributed by atoms with Crippen LogP contribution in [0.4, 0.5) is 10.1 Å². The Balaban J connectivity index is 1.64. The van der Waals surface area contributed by atoms with Gasteiger partial charge in [-0.15, -0.1) is 0 Å². The Morgan fingerprint density at radius 3 is 2.64 bits per heavy atom. The minimum Gasteiger partial charge on any atom is -0.324 e. The first kappa shape index (κ1) is 17.9. The number of anilines is 1. The minimum atomic E-state index is -0.354. The van der Waals surface area contributed by atoms with E-state index in [0.29, 0.717) is 16.9 Å². The first-order valence-electron chi connectivity index (χ1n) is 8.96. The monoisotopic (exact) mass is 374 g/mol. The standard InChI is InChI=1S/C22H19FN4O/c1-14-8-9-17(12-19(14)23)25-20(28)13-27-22-21(15(2)26-27)18(10-11-24-22)16-6-4-3-5-7-16/h3-12H,13H2,1-2H3,(H,25,28). The van der Waals surface area contributed by atoms with Gasteiger partial charge in [0, 0.05) is 17.3 Å². The second-order valence-electron chi connectivity index (χ2n) is 6.68. The summed E-state index contributed by atoms with van der Waals surface area (Å²) in [5.74, 6) is -0.646. The molecule has 0 unspecified atom stereocenters. The van der Waals surface area contributed by atoms with Crippen LogP contribution in [0.15, 0.2) is 60.8 Å². The lowest BCUT2D eigenvalue weighted by Gasteiger charge is -2.07. The number of fused-ring (bicyclic) bond motifs is 1. The van der Waals surface area contributed by atoms with Crippen molar-refractivity contribution in [2.75, 3.05) is 5.32 Å². The van der Waals surface area contributed by atoms with Crippen molar-refractivity contribution in [3.05, 3.63) is 77.9 Å². The number of aromatic nitrogens is 3. The number of carbonyl (C=O) groups excluding carboxylic acids is 1. The minimum absolute atomic E-state index is 0.00885. The van der Waals surface area contributed by atoms with Crippen molar-refractivity contribution in [3.63, 3.8) is 0 Å². The van der Waals surface area contributed by atoms with Gasteiger partial charge in [-0.1, -0.05) is 36.4 Å². The first-order valence-corrected chi connectivity index (χ1v) is 8.96. The fraction of sp³-hybridized carbons (Fsp3) is 0.136. The molecule has 0 aliphatic carbocycles. The van der Waals surface area contributed by atoms with E-state index in [4.69, 9.17) is 0 Å². The van der Waals surface area contributed by atoms with Gasteiger partial charge in [-0.3, -0.25) is 4.79 Å². The topological polar surface area (TPSA) is 59.8 Å². The third-order valence-corrected chi connectivity index (χ3v) is 4.64. The van der Waals surface area contributed by atoms with E-state index in [-0.39, 0.29) is 18.3 Å². The molecular formula is C22H19FN4O. The molecule has 140 valence electrons. The Labute approximate surface area is 161 Å². The molecule has 0 spiro atoms. The molecule has 6 heteroatoms. The lowest BCUT2D eigenvalue weighted by molar-refractivity contribution is -0.116. The summed E-state index contributed by atoms with van der Waals surface area (Å²) in [5, 5.41) is 8.14. The fourth-order valence-electron chi connectivity index (χ4n) is 3.26. The molecule has 0 aliphatic rings. The lowest BCUT2D eigenvalue weighted by atomic mass is 10.0. The van der Waals surface area contributed by atoms with Crippen LogP contribution in [0.1, 0.15) is 11.3 Å². The van der Waals surface area contributed by atoms with Gasteiger partial charge in [-0.2, -0.15) is 5.10 Å². The summed E-state index contributed by atoms with van der Waals surface area (Å²) in [5.41, 5.74) is 4.48. The zero-order valence-corrected chi connectivity index (χ0v) is 15.6. The second-order valence-corrected chi connectivity index (χ2v) is 6.68. The number of carbonyl (C=O) groups is 1. The van der Waals surface area contributed by atoms with Gasteiger partial charge in [-0.05, 0) is 48.7 Å². The zero-order chi connectivity index (χ0) is 19.7. The van der Waals surface area contributed by atoms with E-state index in [1.807, 2.05) is 43.3 Å². The van der Waals surface area contributed by atoms with Crippen molar-refractivity contribution in [2.45, 2.75) is 20.4 Å². The van der Waals surface area contributed by atoms with Gasteiger partial charge in [0.05, 0.1) is 5.69 Å². The molecule has 4 aromatic rings. The Hall–Kier alpha value is -3.54. The molecule has 2 aromatic carbocycles. The molecule has 0 atom stereocenters. The Morgan fingerprint density at radius 1 is 1.11 bits per heavy atom. The second kappa shape index (κ2) is 7.23. The average Bonchev–Trinajstić information content (AvgIpc) is 3.01. The summed E-state index contributed by atoms with van der Waals surface area (Å²) in [7, 11) is 0. The van der Waals surface area contributed by atoms with Gasteiger partial charge in [0.1, 0.15) is 12.4 Å². The Kier molecular flexibility index (Phi) is 4.61. The quantitative estimate of drug-likeness (QED) is 0.572. The molecule has 4 rings (SSSR count). The molecule has 0 aliphatic heterocycles. The number of nitrogens with one attached hydrogen (secondary N) is 1. The molecule has 28 heavy (non-hydrogen) atoms. The number of benzene rings is 2. The number of rotatable bonds is 4. The van der Waals surface area contributed by atoms with Gasteiger partial charge in [0.25, 0.3) is 0 Å². The summed E-state index contributed by atoms with van der Waals surface area (Å²) < 4.78 is 15.3. The molecule has 0 radical (unpaired) electrons. The van der Waals surface area contributed by atoms with Crippen LogP contribution in [0.2, 0.25) is 0 Å². The number of nitrogens with zero attached hydrogens (tertiary/aromatic N) is 3. The van der Waals surface area contributed by atoms with E-state index >= 15 is 0 Å². The van der Waals surface area contributed by atoms with E-state index in [0.717, 1.165) is 22.2 Å². The molecule has 1 N–H and O–H groups in total. The van der Waals surface area contributed by atoms with E-state index < -0.39 is 0 Å². The molecule has 5 nitrogen and oxygen atoms in total. The molecule has 2 aromatic heterocycles. The first-order chi connectivity index (χ1) is 13.5. The summed E-state index contributed by atoms with van der Waals surface area (Å²) in [6.07, 6.45) is 1.72. The highest BCUT2D eigenvalue weighted by molar-refractivity contribution is 5.96. The van der Waals surface area contributed by atoms with Crippen LogP contribution in [0, 0.1) is 19.7 Å². The number of halogens is 1. The van der Waals surface area contributed by atoms with Gasteiger partial charge < -0.3 is 5.32 Å². The van der Waals surface area contributed by atoms with Gasteiger partial charge in [0.2, 0.25) is 5.91 Å². The predicted molar refractivity (Wildman–Crippen MR) is 107 cm³/mol. The Bertz CT molecular complexity index is 1170. The molecule has 0 saturated heterocycles. The molecular weight excluding hydrogens is 355 g/mol. The molecule has 0 fully saturated rings. The van der Waals surface area contributed by atoms with Crippen LogP contribution >= 0.6 is 0 Å². The van der Waals surface area contributed by atoms with Gasteiger partial charge in [-0.25, -0.2) is 14.1 Å². The van der Waals surface area contributed by atoms with E-state index in [1.165, 1.54) is 6.07 Å². The van der Waals surface area contributed by atoms with Gasteiger partial charge >= 0.3 is 0 Å². The fourth-order valence-corrected chi connectivity index (χ4v) is 3.26. The number of hydrogen-bond acceptors (Lipinski definition) is 3. The van der Waals surface area contributed by atoms with Gasteiger partial charge in [0.15, 0.2) is 5.65 Å². The SMILES string of the molecule is Cc1ccc(NC(=O)Cn2nc(C)c3c(-c4ccccc4)ccnc32)cc1F. The summed E-state index contributed by atoms with van der Waals surface area (Å²) in [4.78, 5) is 16.9. The summed E-state index contributed by atoms with van der Waals surface area (Å²) in [6.45, 7) is 3.57. The Morgan fingerprint density at radius 2 is 1.89 bits per heavy atom. The smallest absolute Gasteiger partial charge is 0.246 e. The highest BCUT2D eigenvalue weighted by atomic mass is 19.1. The van der Waals surface area contributed by atoms with Crippen LogP contribution in [-0.4, -0.2) is 20.7 Å². The number of amides is 1. The maximum atomic E-state index is 13.7. The number of hydrogen-bond donors (Lipinski definition) is 1. The van der Waals surface area contributed by atoms with Crippen molar-refractivity contribution >= 4 is 22.6 Å². The summed E-state index contributed by atoms with van der Waals surface area (Å²) >= 11 is 0.